The first-order chi connectivity index (χ1) is 9.91. The molecule has 1 heterocycles. The van der Waals surface area contributed by atoms with Crippen molar-refractivity contribution in [1.29, 1.82) is 0 Å². The van der Waals surface area contributed by atoms with Gasteiger partial charge in [0.1, 0.15) is 0 Å². The fraction of sp³-hybridized carbons (Fsp3) is 0.533. The molecular weight excluding hydrogens is 281 g/mol. The molecule has 3 atom stereocenters. The molecule has 3 unspecified atom stereocenters. The first kappa shape index (κ1) is 15.8. The number of rotatable bonds is 4. The van der Waals surface area contributed by atoms with Gasteiger partial charge in [0.05, 0.1) is 0 Å². The number of alkyl halides is 1. The highest BCUT2D eigenvalue weighted by Gasteiger charge is 2.29. The SMILES string of the molecule is Cc1c(C(F)NC(=O)C(C)C2CCNC2)ccc(F)c1F. The first-order valence-electron chi connectivity index (χ1n) is 7.01. The van der Waals surface area contributed by atoms with Crippen LogP contribution >= 0.6 is 0 Å². The van der Waals surface area contributed by atoms with Crippen LogP contribution < -0.4 is 10.6 Å². The summed E-state index contributed by atoms with van der Waals surface area (Å²) in [7, 11) is 0. The van der Waals surface area contributed by atoms with Crippen molar-refractivity contribution in [1.82, 2.24) is 10.6 Å². The quantitative estimate of drug-likeness (QED) is 0.839. The molecule has 6 heteroatoms. The van der Waals surface area contributed by atoms with E-state index in [-0.39, 0.29) is 23.0 Å². The first-order valence-corrected chi connectivity index (χ1v) is 7.01. The lowest BCUT2D eigenvalue weighted by Gasteiger charge is -2.20. The molecule has 1 aromatic carbocycles. The van der Waals surface area contributed by atoms with Gasteiger partial charge in [-0.3, -0.25) is 4.79 Å². The maximum Gasteiger partial charge on any atom is 0.225 e. The Kier molecular flexibility index (Phi) is 4.88. The van der Waals surface area contributed by atoms with Gasteiger partial charge in [0, 0.05) is 11.5 Å². The summed E-state index contributed by atoms with van der Waals surface area (Å²) in [5.74, 6) is -2.69. The monoisotopic (exact) mass is 300 g/mol. The second kappa shape index (κ2) is 6.47. The third kappa shape index (κ3) is 3.37. The molecule has 0 saturated carbocycles. The molecule has 21 heavy (non-hydrogen) atoms. The van der Waals surface area contributed by atoms with Crippen molar-refractivity contribution in [3.05, 3.63) is 34.9 Å². The molecule has 1 fully saturated rings. The number of carbonyl (C=O) groups excluding carboxylic acids is 1. The van der Waals surface area contributed by atoms with Gasteiger partial charge >= 0.3 is 0 Å². The van der Waals surface area contributed by atoms with Crippen molar-refractivity contribution in [2.24, 2.45) is 11.8 Å². The molecule has 0 bridgehead atoms. The summed E-state index contributed by atoms with van der Waals surface area (Å²) < 4.78 is 40.6. The van der Waals surface area contributed by atoms with Gasteiger partial charge in [-0.1, -0.05) is 13.0 Å². The van der Waals surface area contributed by atoms with Crippen LogP contribution in [0.5, 0.6) is 0 Å². The van der Waals surface area contributed by atoms with Crippen LogP contribution in [-0.2, 0) is 4.79 Å². The Labute approximate surface area is 121 Å². The Morgan fingerprint density at radius 2 is 2.14 bits per heavy atom. The van der Waals surface area contributed by atoms with E-state index in [1.54, 1.807) is 6.92 Å². The summed E-state index contributed by atoms with van der Waals surface area (Å²) >= 11 is 0. The van der Waals surface area contributed by atoms with E-state index >= 15 is 0 Å². The van der Waals surface area contributed by atoms with Gasteiger partial charge in [0.25, 0.3) is 0 Å². The van der Waals surface area contributed by atoms with Crippen molar-refractivity contribution in [2.45, 2.75) is 26.6 Å². The summed E-state index contributed by atoms with van der Waals surface area (Å²) in [5.41, 5.74) is -0.183. The minimum Gasteiger partial charge on any atom is -0.322 e. The van der Waals surface area contributed by atoms with Gasteiger partial charge in [0.2, 0.25) is 5.91 Å². The lowest BCUT2D eigenvalue weighted by atomic mass is 9.92. The van der Waals surface area contributed by atoms with E-state index in [9.17, 15) is 18.0 Å². The van der Waals surface area contributed by atoms with E-state index in [2.05, 4.69) is 10.6 Å². The van der Waals surface area contributed by atoms with Gasteiger partial charge in [-0.05, 0) is 44.0 Å². The highest BCUT2D eigenvalue weighted by atomic mass is 19.2. The molecule has 1 aromatic rings. The highest BCUT2D eigenvalue weighted by molar-refractivity contribution is 5.79. The number of amides is 1. The molecule has 2 N–H and O–H groups in total. The highest BCUT2D eigenvalue weighted by Crippen LogP contribution is 2.25. The Hall–Kier alpha value is -1.56. The zero-order valence-corrected chi connectivity index (χ0v) is 12.1. The largest absolute Gasteiger partial charge is 0.322 e. The molecule has 1 saturated heterocycles. The lowest BCUT2D eigenvalue weighted by Crippen LogP contribution is -2.35. The molecule has 3 nitrogen and oxygen atoms in total. The zero-order valence-electron chi connectivity index (χ0n) is 12.1. The van der Waals surface area contributed by atoms with Crippen LogP contribution in [0.4, 0.5) is 13.2 Å². The van der Waals surface area contributed by atoms with Crippen molar-refractivity contribution < 1.29 is 18.0 Å². The molecule has 0 aromatic heterocycles. The molecule has 1 aliphatic heterocycles. The number of hydrogen-bond donors (Lipinski definition) is 2. The second-order valence-corrected chi connectivity index (χ2v) is 5.49. The topological polar surface area (TPSA) is 41.1 Å². The summed E-state index contributed by atoms with van der Waals surface area (Å²) in [5, 5.41) is 5.39. The van der Waals surface area contributed by atoms with Gasteiger partial charge in [-0.15, -0.1) is 0 Å². The predicted molar refractivity (Wildman–Crippen MR) is 73.2 cm³/mol. The van der Waals surface area contributed by atoms with Crippen molar-refractivity contribution in [2.75, 3.05) is 13.1 Å². The normalized spacial score (nSPS) is 21.1. The van der Waals surface area contributed by atoms with E-state index in [1.807, 2.05) is 0 Å². The van der Waals surface area contributed by atoms with E-state index in [4.69, 9.17) is 0 Å². The molecule has 1 amide bonds. The molecule has 1 aliphatic rings. The van der Waals surface area contributed by atoms with Gasteiger partial charge in [-0.25, -0.2) is 13.2 Å². The van der Waals surface area contributed by atoms with Crippen molar-refractivity contribution in [3.8, 4) is 0 Å². The molecule has 116 valence electrons. The zero-order chi connectivity index (χ0) is 15.6. The molecule has 0 radical (unpaired) electrons. The Balaban J connectivity index is 2.05. The molecule has 0 aliphatic carbocycles. The summed E-state index contributed by atoms with van der Waals surface area (Å²) in [6.07, 6.45) is -0.972. The second-order valence-electron chi connectivity index (χ2n) is 5.49. The van der Waals surface area contributed by atoms with E-state index < -0.39 is 23.8 Å². The Bertz CT molecular complexity index is 530. The van der Waals surface area contributed by atoms with E-state index in [1.165, 1.54) is 6.92 Å². The maximum atomic E-state index is 14.2. The van der Waals surface area contributed by atoms with Gasteiger partial charge < -0.3 is 10.6 Å². The van der Waals surface area contributed by atoms with Crippen LogP contribution in [0.2, 0.25) is 0 Å². The smallest absolute Gasteiger partial charge is 0.225 e. The van der Waals surface area contributed by atoms with Crippen LogP contribution in [-0.4, -0.2) is 19.0 Å². The Morgan fingerprint density at radius 3 is 2.76 bits per heavy atom. The van der Waals surface area contributed by atoms with Crippen molar-refractivity contribution in [3.63, 3.8) is 0 Å². The maximum absolute atomic E-state index is 14.2. The van der Waals surface area contributed by atoms with Crippen LogP contribution in [0, 0.1) is 30.4 Å². The number of benzene rings is 1. The standard InChI is InChI=1S/C15H19F3N2O/c1-8(10-5-6-19-7-10)15(21)20-14(18)11-3-4-12(16)13(17)9(11)2/h3-4,8,10,14,19H,5-7H2,1-2H3,(H,20,21). The minimum absolute atomic E-state index is 0.0565. The average molecular weight is 300 g/mol. The van der Waals surface area contributed by atoms with E-state index in [0.717, 1.165) is 31.6 Å². The summed E-state index contributed by atoms with van der Waals surface area (Å²) in [6, 6.07) is 2.02. The fourth-order valence-corrected chi connectivity index (χ4v) is 2.59. The number of nitrogens with one attached hydrogen (secondary N) is 2. The Morgan fingerprint density at radius 1 is 1.43 bits per heavy atom. The van der Waals surface area contributed by atoms with Crippen LogP contribution in [0.15, 0.2) is 12.1 Å². The lowest BCUT2D eigenvalue weighted by molar-refractivity contribution is -0.127. The molecular formula is C15H19F3N2O. The van der Waals surface area contributed by atoms with Crippen LogP contribution in [0.3, 0.4) is 0 Å². The minimum atomic E-state index is -1.84. The number of carbonyl (C=O) groups is 1. The van der Waals surface area contributed by atoms with Crippen LogP contribution in [0.1, 0.15) is 30.8 Å². The van der Waals surface area contributed by atoms with Gasteiger partial charge in [-0.2, -0.15) is 0 Å². The van der Waals surface area contributed by atoms with Crippen LogP contribution in [0.25, 0.3) is 0 Å². The molecule has 0 spiro atoms. The fourth-order valence-electron chi connectivity index (χ4n) is 2.59. The molecule has 2 rings (SSSR count). The van der Waals surface area contributed by atoms with E-state index in [0.29, 0.717) is 0 Å². The predicted octanol–water partition coefficient (Wildman–Crippen LogP) is 2.60. The summed E-state index contributed by atoms with van der Waals surface area (Å²) in [6.45, 7) is 4.62. The number of halogens is 3. The third-order valence-electron chi connectivity index (χ3n) is 4.14. The third-order valence-corrected chi connectivity index (χ3v) is 4.14. The average Bonchev–Trinajstić information content (AvgIpc) is 2.97. The summed E-state index contributed by atoms with van der Waals surface area (Å²) in [4.78, 5) is 12.0. The van der Waals surface area contributed by atoms with Gasteiger partial charge in [0.15, 0.2) is 17.9 Å². The van der Waals surface area contributed by atoms with Crippen molar-refractivity contribution >= 4 is 5.91 Å². The number of hydrogen-bond acceptors (Lipinski definition) is 2.